The molecule has 1 heterocycles. The van der Waals surface area contributed by atoms with E-state index >= 15 is 0 Å². The maximum Gasteiger partial charge on any atom is 0.243 e. The summed E-state index contributed by atoms with van der Waals surface area (Å²) in [5.74, 6) is 0.566. The molecule has 0 atom stereocenters. The molecule has 0 radical (unpaired) electrons. The van der Waals surface area contributed by atoms with Crippen LogP contribution in [0.25, 0.3) is 0 Å². The van der Waals surface area contributed by atoms with Crippen LogP contribution >= 0.6 is 11.8 Å². The van der Waals surface area contributed by atoms with Crippen LogP contribution in [-0.2, 0) is 27.1 Å². The van der Waals surface area contributed by atoms with Gasteiger partial charge in [-0.05, 0) is 23.3 Å². The Kier molecular flexibility index (Phi) is 6.89. The van der Waals surface area contributed by atoms with Gasteiger partial charge in [0.15, 0.2) is 5.17 Å². The molecular formula is C19H23N3O3S2. The average Bonchev–Trinajstić information content (AvgIpc) is 2.72. The second kappa shape index (κ2) is 9.36. The first-order valence-corrected chi connectivity index (χ1v) is 11.1. The van der Waals surface area contributed by atoms with Gasteiger partial charge in [0, 0.05) is 18.8 Å². The van der Waals surface area contributed by atoms with Crippen molar-refractivity contribution in [3.05, 3.63) is 65.7 Å². The Bertz CT molecular complexity index is 880. The first-order valence-electron chi connectivity index (χ1n) is 8.69. The molecule has 0 amide bonds. The van der Waals surface area contributed by atoms with Crippen LogP contribution in [0.5, 0.6) is 0 Å². The number of aliphatic imine (C=N–C) groups is 1. The molecule has 2 aromatic rings. The summed E-state index contributed by atoms with van der Waals surface area (Å²) in [5.41, 5.74) is 7.98. The highest BCUT2D eigenvalue weighted by Gasteiger charge is 2.26. The van der Waals surface area contributed by atoms with Gasteiger partial charge in [-0.2, -0.15) is 4.31 Å². The van der Waals surface area contributed by atoms with Crippen LogP contribution in [-0.4, -0.2) is 44.2 Å². The number of hydrogen-bond acceptors (Lipinski definition) is 5. The Balaban J connectivity index is 1.62. The van der Waals surface area contributed by atoms with E-state index in [4.69, 9.17) is 10.5 Å². The van der Waals surface area contributed by atoms with Gasteiger partial charge in [-0.25, -0.2) is 8.42 Å². The number of morpholine rings is 1. The average molecular weight is 406 g/mol. The van der Waals surface area contributed by atoms with Gasteiger partial charge in [-0.1, -0.05) is 54.2 Å². The van der Waals surface area contributed by atoms with E-state index in [0.717, 1.165) is 11.1 Å². The SMILES string of the molecule is NC(=NCc1ccccc1)SCc1cccc(S(=O)(=O)N2CCOCC2)c1. The van der Waals surface area contributed by atoms with Crippen molar-refractivity contribution in [3.8, 4) is 0 Å². The highest BCUT2D eigenvalue weighted by molar-refractivity contribution is 8.13. The molecule has 1 fully saturated rings. The van der Waals surface area contributed by atoms with Gasteiger partial charge in [-0.15, -0.1) is 0 Å². The maximum atomic E-state index is 12.8. The number of nitrogens with zero attached hydrogens (tertiary/aromatic N) is 2. The summed E-state index contributed by atoms with van der Waals surface area (Å²) >= 11 is 1.40. The summed E-state index contributed by atoms with van der Waals surface area (Å²) < 4.78 is 32.2. The minimum atomic E-state index is -3.49. The van der Waals surface area contributed by atoms with Gasteiger partial charge in [0.1, 0.15) is 0 Å². The first kappa shape index (κ1) is 19.9. The van der Waals surface area contributed by atoms with Crippen molar-refractivity contribution in [1.82, 2.24) is 4.31 Å². The molecule has 0 unspecified atom stereocenters. The van der Waals surface area contributed by atoms with E-state index in [-0.39, 0.29) is 0 Å². The Morgan fingerprint density at radius 3 is 2.52 bits per heavy atom. The molecule has 6 nitrogen and oxygen atoms in total. The number of hydrogen-bond donors (Lipinski definition) is 1. The van der Waals surface area contributed by atoms with Gasteiger partial charge in [0.25, 0.3) is 0 Å². The van der Waals surface area contributed by atoms with E-state index in [1.165, 1.54) is 16.1 Å². The summed E-state index contributed by atoms with van der Waals surface area (Å²) in [5, 5.41) is 0.486. The second-order valence-electron chi connectivity index (χ2n) is 6.09. The number of benzene rings is 2. The second-order valence-corrected chi connectivity index (χ2v) is 9.03. The molecule has 1 aliphatic rings. The van der Waals surface area contributed by atoms with Gasteiger partial charge >= 0.3 is 0 Å². The van der Waals surface area contributed by atoms with E-state index in [2.05, 4.69) is 4.99 Å². The van der Waals surface area contributed by atoms with E-state index < -0.39 is 10.0 Å². The molecule has 1 saturated heterocycles. The van der Waals surface area contributed by atoms with Gasteiger partial charge < -0.3 is 10.5 Å². The largest absolute Gasteiger partial charge is 0.379 e. The molecule has 0 saturated carbocycles. The summed E-state index contributed by atoms with van der Waals surface area (Å²) in [6, 6.07) is 16.9. The lowest BCUT2D eigenvalue weighted by Crippen LogP contribution is -2.40. The minimum Gasteiger partial charge on any atom is -0.379 e. The van der Waals surface area contributed by atoms with Crippen molar-refractivity contribution in [2.24, 2.45) is 10.7 Å². The fourth-order valence-electron chi connectivity index (χ4n) is 2.69. The third kappa shape index (κ3) is 5.55. The van der Waals surface area contributed by atoms with Gasteiger partial charge in [0.2, 0.25) is 10.0 Å². The number of rotatable bonds is 6. The quantitative estimate of drug-likeness (QED) is 0.589. The molecule has 0 spiro atoms. The topological polar surface area (TPSA) is 85.0 Å². The smallest absolute Gasteiger partial charge is 0.243 e. The number of thioether (sulfide) groups is 1. The van der Waals surface area contributed by atoms with Crippen molar-refractivity contribution in [2.75, 3.05) is 26.3 Å². The molecular weight excluding hydrogens is 382 g/mol. The van der Waals surface area contributed by atoms with E-state index in [9.17, 15) is 8.42 Å². The van der Waals surface area contributed by atoms with Gasteiger partial charge in [0.05, 0.1) is 24.7 Å². The predicted molar refractivity (Wildman–Crippen MR) is 109 cm³/mol. The fraction of sp³-hybridized carbons (Fsp3) is 0.316. The Labute approximate surface area is 164 Å². The number of ether oxygens (including phenoxy) is 1. The van der Waals surface area contributed by atoms with Crippen molar-refractivity contribution in [3.63, 3.8) is 0 Å². The third-order valence-corrected chi connectivity index (χ3v) is 6.95. The maximum absolute atomic E-state index is 12.8. The van der Waals surface area contributed by atoms with Crippen LogP contribution in [0.15, 0.2) is 64.5 Å². The van der Waals surface area contributed by atoms with Crippen molar-refractivity contribution in [2.45, 2.75) is 17.2 Å². The zero-order chi connectivity index (χ0) is 19.1. The lowest BCUT2D eigenvalue weighted by Gasteiger charge is -2.26. The van der Waals surface area contributed by atoms with Crippen LogP contribution in [0.4, 0.5) is 0 Å². The summed E-state index contributed by atoms with van der Waals surface area (Å²) in [7, 11) is -3.49. The van der Waals surface area contributed by atoms with Gasteiger partial charge in [-0.3, -0.25) is 4.99 Å². The van der Waals surface area contributed by atoms with Crippen LogP contribution in [0, 0.1) is 0 Å². The predicted octanol–water partition coefficient (Wildman–Crippen LogP) is 2.46. The molecule has 0 aliphatic carbocycles. The Morgan fingerprint density at radius 1 is 1.07 bits per heavy atom. The first-order chi connectivity index (χ1) is 13.1. The van der Waals surface area contributed by atoms with E-state index in [1.54, 1.807) is 18.2 Å². The highest BCUT2D eigenvalue weighted by Crippen LogP contribution is 2.21. The number of amidine groups is 1. The lowest BCUT2D eigenvalue weighted by molar-refractivity contribution is 0.0730. The van der Waals surface area contributed by atoms with Crippen LogP contribution in [0.2, 0.25) is 0 Å². The Hall–Kier alpha value is -1.87. The molecule has 2 N–H and O–H groups in total. The summed E-state index contributed by atoms with van der Waals surface area (Å²) in [6.45, 7) is 2.18. The van der Waals surface area contributed by atoms with Crippen molar-refractivity contribution >= 4 is 27.0 Å². The van der Waals surface area contributed by atoms with E-state index in [1.807, 2.05) is 36.4 Å². The molecule has 144 valence electrons. The zero-order valence-corrected chi connectivity index (χ0v) is 16.6. The number of sulfonamides is 1. The Morgan fingerprint density at radius 2 is 1.78 bits per heavy atom. The molecule has 8 heteroatoms. The zero-order valence-electron chi connectivity index (χ0n) is 15.0. The highest BCUT2D eigenvalue weighted by atomic mass is 32.2. The fourth-order valence-corrected chi connectivity index (χ4v) is 4.82. The van der Waals surface area contributed by atoms with Crippen LogP contribution in [0.3, 0.4) is 0 Å². The molecule has 1 aliphatic heterocycles. The summed E-state index contributed by atoms with van der Waals surface area (Å²) in [6.07, 6.45) is 0. The van der Waals surface area contributed by atoms with Crippen LogP contribution in [0.1, 0.15) is 11.1 Å². The molecule has 0 aromatic heterocycles. The van der Waals surface area contributed by atoms with Crippen molar-refractivity contribution < 1.29 is 13.2 Å². The molecule has 0 bridgehead atoms. The van der Waals surface area contributed by atoms with Crippen LogP contribution < -0.4 is 5.73 Å². The molecule has 27 heavy (non-hydrogen) atoms. The normalized spacial score (nSPS) is 16.4. The van der Waals surface area contributed by atoms with Crippen molar-refractivity contribution in [1.29, 1.82) is 0 Å². The lowest BCUT2D eigenvalue weighted by atomic mass is 10.2. The summed E-state index contributed by atoms with van der Waals surface area (Å²) in [4.78, 5) is 4.68. The minimum absolute atomic E-state index is 0.308. The molecule has 2 aromatic carbocycles. The third-order valence-electron chi connectivity index (χ3n) is 4.15. The number of nitrogens with two attached hydrogens (primary N) is 1. The molecule has 3 rings (SSSR count). The monoisotopic (exact) mass is 405 g/mol. The van der Waals surface area contributed by atoms with E-state index in [0.29, 0.717) is 48.7 Å². The standard InChI is InChI=1S/C19H23N3O3S2/c20-19(21-14-16-5-2-1-3-6-16)26-15-17-7-4-8-18(13-17)27(23,24)22-9-11-25-12-10-22/h1-8,13H,9-12,14-15H2,(H2,20,21).